The Hall–Kier alpha value is -1.36. The fourth-order valence-corrected chi connectivity index (χ4v) is 3.35. The Balaban J connectivity index is 2.01. The van der Waals surface area contributed by atoms with E-state index in [1.165, 1.54) is 11.3 Å². The maximum atomic E-state index is 12.5. The standard InChI is InChI=1S/C16H19ClN2OS/c1-11(15(18)12-6-4-3-5-7-12)16(20)19(2)10-13-8-9-14(17)21-13/h3-9,11,15H,10,18H2,1-2H3/t11-,15-/m0/s1. The first kappa shape index (κ1) is 16.0. The van der Waals surface area contributed by atoms with Crippen LogP contribution in [0.5, 0.6) is 0 Å². The molecule has 2 atom stereocenters. The first-order chi connectivity index (χ1) is 9.99. The molecule has 2 rings (SSSR count). The summed E-state index contributed by atoms with van der Waals surface area (Å²) in [7, 11) is 1.80. The molecule has 0 aliphatic rings. The van der Waals surface area contributed by atoms with Crippen LogP contribution in [0.3, 0.4) is 0 Å². The number of carbonyl (C=O) groups excluding carboxylic acids is 1. The Kier molecular flexibility index (Phi) is 5.39. The molecule has 0 fully saturated rings. The van der Waals surface area contributed by atoms with Crippen LogP contribution in [0.15, 0.2) is 42.5 Å². The van der Waals surface area contributed by atoms with Gasteiger partial charge in [-0.3, -0.25) is 4.79 Å². The fraction of sp³-hybridized carbons (Fsp3) is 0.312. The van der Waals surface area contributed by atoms with Crippen LogP contribution in [0.4, 0.5) is 0 Å². The van der Waals surface area contributed by atoms with Crippen molar-refractivity contribution in [1.29, 1.82) is 0 Å². The first-order valence-corrected chi connectivity index (χ1v) is 7.98. The zero-order valence-corrected chi connectivity index (χ0v) is 13.7. The molecule has 0 saturated heterocycles. The van der Waals surface area contributed by atoms with Gasteiger partial charge in [0, 0.05) is 18.0 Å². The summed E-state index contributed by atoms with van der Waals surface area (Å²) < 4.78 is 0.736. The van der Waals surface area contributed by atoms with Gasteiger partial charge in [-0.2, -0.15) is 0 Å². The molecule has 5 heteroatoms. The van der Waals surface area contributed by atoms with Gasteiger partial charge in [0.2, 0.25) is 5.91 Å². The summed E-state index contributed by atoms with van der Waals surface area (Å²) in [5, 5.41) is 0. The minimum absolute atomic E-state index is 0.0378. The van der Waals surface area contributed by atoms with Crippen LogP contribution < -0.4 is 5.73 Å². The van der Waals surface area contributed by atoms with E-state index in [1.54, 1.807) is 11.9 Å². The van der Waals surface area contributed by atoms with Gasteiger partial charge < -0.3 is 10.6 Å². The highest BCUT2D eigenvalue weighted by Crippen LogP contribution is 2.24. The Morgan fingerprint density at radius 1 is 1.29 bits per heavy atom. The average Bonchev–Trinajstić information content (AvgIpc) is 2.90. The van der Waals surface area contributed by atoms with Gasteiger partial charge in [0.05, 0.1) is 16.8 Å². The highest BCUT2D eigenvalue weighted by atomic mass is 35.5. The third kappa shape index (κ3) is 4.06. The fourth-order valence-electron chi connectivity index (χ4n) is 2.21. The second-order valence-corrected chi connectivity index (χ2v) is 6.92. The molecule has 1 aromatic carbocycles. The number of hydrogen-bond acceptors (Lipinski definition) is 3. The summed E-state index contributed by atoms with van der Waals surface area (Å²) in [5.41, 5.74) is 7.19. The maximum Gasteiger partial charge on any atom is 0.227 e. The lowest BCUT2D eigenvalue weighted by molar-refractivity contribution is -0.134. The molecule has 0 aliphatic carbocycles. The van der Waals surface area contributed by atoms with E-state index in [0.717, 1.165) is 14.8 Å². The molecule has 0 bridgehead atoms. The van der Waals surface area contributed by atoms with Crippen molar-refractivity contribution in [2.45, 2.75) is 19.5 Å². The van der Waals surface area contributed by atoms with Crippen LogP contribution >= 0.6 is 22.9 Å². The molecule has 0 spiro atoms. The number of hydrogen-bond donors (Lipinski definition) is 1. The Bertz CT molecular complexity index is 599. The SMILES string of the molecule is C[C@H](C(=O)N(C)Cc1ccc(Cl)s1)[C@H](N)c1ccccc1. The molecule has 0 saturated carbocycles. The molecule has 1 aromatic heterocycles. The molecular formula is C16H19ClN2OS. The maximum absolute atomic E-state index is 12.5. The molecule has 0 unspecified atom stereocenters. The molecule has 1 heterocycles. The zero-order chi connectivity index (χ0) is 15.4. The van der Waals surface area contributed by atoms with Crippen LogP contribution in [0.25, 0.3) is 0 Å². The van der Waals surface area contributed by atoms with Gasteiger partial charge >= 0.3 is 0 Å². The van der Waals surface area contributed by atoms with Gasteiger partial charge in [0.1, 0.15) is 0 Å². The van der Waals surface area contributed by atoms with Gasteiger partial charge in [0.25, 0.3) is 0 Å². The largest absolute Gasteiger partial charge is 0.340 e. The van der Waals surface area contributed by atoms with Crippen molar-refractivity contribution in [3.8, 4) is 0 Å². The number of halogens is 1. The van der Waals surface area contributed by atoms with E-state index in [0.29, 0.717) is 6.54 Å². The summed E-state index contributed by atoms with van der Waals surface area (Å²) in [6.07, 6.45) is 0. The number of carbonyl (C=O) groups is 1. The highest BCUT2D eigenvalue weighted by molar-refractivity contribution is 7.16. The molecule has 112 valence electrons. The van der Waals surface area contributed by atoms with E-state index in [4.69, 9.17) is 17.3 Å². The molecule has 3 nitrogen and oxygen atoms in total. The molecule has 2 N–H and O–H groups in total. The number of nitrogens with two attached hydrogens (primary N) is 1. The summed E-state index contributed by atoms with van der Waals surface area (Å²) >= 11 is 7.40. The predicted molar refractivity (Wildman–Crippen MR) is 88.3 cm³/mol. The van der Waals surface area contributed by atoms with Crippen molar-refractivity contribution in [2.75, 3.05) is 7.05 Å². The second kappa shape index (κ2) is 7.07. The van der Waals surface area contributed by atoms with Crippen molar-refractivity contribution in [3.63, 3.8) is 0 Å². The summed E-state index contributed by atoms with van der Waals surface area (Å²) in [4.78, 5) is 15.3. The Labute approximate surface area is 134 Å². The number of nitrogens with zero attached hydrogens (tertiary/aromatic N) is 1. The van der Waals surface area contributed by atoms with Crippen molar-refractivity contribution in [2.24, 2.45) is 11.7 Å². The van der Waals surface area contributed by atoms with Gasteiger partial charge in [-0.15, -0.1) is 11.3 Å². The number of amides is 1. The lowest BCUT2D eigenvalue weighted by atomic mass is 9.94. The molecule has 21 heavy (non-hydrogen) atoms. The van der Waals surface area contributed by atoms with Crippen molar-refractivity contribution < 1.29 is 4.79 Å². The topological polar surface area (TPSA) is 46.3 Å². The van der Waals surface area contributed by atoms with Crippen LogP contribution in [-0.4, -0.2) is 17.9 Å². The van der Waals surface area contributed by atoms with Crippen LogP contribution in [0, 0.1) is 5.92 Å². The minimum Gasteiger partial charge on any atom is -0.340 e. The van der Waals surface area contributed by atoms with Crippen LogP contribution in [0.1, 0.15) is 23.4 Å². The predicted octanol–water partition coefficient (Wildman–Crippen LogP) is 3.70. The van der Waals surface area contributed by atoms with E-state index in [1.807, 2.05) is 49.4 Å². The Morgan fingerprint density at radius 2 is 1.95 bits per heavy atom. The van der Waals surface area contributed by atoms with E-state index in [9.17, 15) is 4.79 Å². The van der Waals surface area contributed by atoms with Crippen molar-refractivity contribution in [3.05, 3.63) is 57.2 Å². The van der Waals surface area contributed by atoms with Gasteiger partial charge in [0.15, 0.2) is 0 Å². The smallest absolute Gasteiger partial charge is 0.227 e. The van der Waals surface area contributed by atoms with Gasteiger partial charge in [-0.05, 0) is 17.7 Å². The highest BCUT2D eigenvalue weighted by Gasteiger charge is 2.25. The van der Waals surface area contributed by atoms with E-state index >= 15 is 0 Å². The zero-order valence-electron chi connectivity index (χ0n) is 12.1. The normalized spacial score (nSPS) is 13.7. The first-order valence-electron chi connectivity index (χ1n) is 6.78. The molecule has 2 aromatic rings. The van der Waals surface area contributed by atoms with Crippen LogP contribution in [-0.2, 0) is 11.3 Å². The summed E-state index contributed by atoms with van der Waals surface area (Å²) in [6.45, 7) is 2.43. The average molecular weight is 323 g/mol. The third-order valence-corrected chi connectivity index (χ3v) is 4.73. The molecule has 1 amide bonds. The minimum atomic E-state index is -0.298. The monoisotopic (exact) mass is 322 g/mol. The second-order valence-electron chi connectivity index (χ2n) is 5.13. The van der Waals surface area contributed by atoms with Gasteiger partial charge in [-0.25, -0.2) is 0 Å². The quantitative estimate of drug-likeness (QED) is 0.912. The molecule has 0 radical (unpaired) electrons. The summed E-state index contributed by atoms with van der Waals surface area (Å²) in [5.74, 6) is -0.233. The molecule has 0 aliphatic heterocycles. The van der Waals surface area contributed by atoms with Crippen molar-refractivity contribution >= 4 is 28.8 Å². The van der Waals surface area contributed by atoms with Crippen LogP contribution in [0.2, 0.25) is 4.34 Å². The number of rotatable bonds is 5. The lowest BCUT2D eigenvalue weighted by Gasteiger charge is -2.25. The number of benzene rings is 1. The summed E-state index contributed by atoms with van der Waals surface area (Å²) in [6, 6.07) is 13.2. The lowest BCUT2D eigenvalue weighted by Crippen LogP contribution is -2.36. The van der Waals surface area contributed by atoms with E-state index < -0.39 is 0 Å². The van der Waals surface area contributed by atoms with E-state index in [-0.39, 0.29) is 17.9 Å². The van der Waals surface area contributed by atoms with E-state index in [2.05, 4.69) is 0 Å². The third-order valence-electron chi connectivity index (χ3n) is 3.51. The van der Waals surface area contributed by atoms with Gasteiger partial charge in [-0.1, -0.05) is 48.9 Å². The Morgan fingerprint density at radius 3 is 2.52 bits per heavy atom. The molecular weight excluding hydrogens is 304 g/mol. The number of thiophene rings is 1. The van der Waals surface area contributed by atoms with Crippen molar-refractivity contribution in [1.82, 2.24) is 4.90 Å².